The lowest BCUT2D eigenvalue weighted by Gasteiger charge is -2.31. The highest BCUT2D eigenvalue weighted by Crippen LogP contribution is 2.19. The van der Waals surface area contributed by atoms with Crippen LogP contribution in [0.4, 0.5) is 0 Å². The van der Waals surface area contributed by atoms with E-state index in [1.54, 1.807) is 6.92 Å². The van der Waals surface area contributed by atoms with E-state index < -0.39 is 6.10 Å². The molecule has 1 fully saturated rings. The van der Waals surface area contributed by atoms with Crippen LogP contribution in [0.5, 0.6) is 5.75 Å². The zero-order valence-electron chi connectivity index (χ0n) is 12.0. The number of likely N-dealkylation sites (tertiary alicyclic amines) is 1. The van der Waals surface area contributed by atoms with Gasteiger partial charge in [0, 0.05) is 19.7 Å². The maximum atomic E-state index is 9.25. The Bertz CT molecular complexity index is 453. The van der Waals surface area contributed by atoms with E-state index in [1.807, 2.05) is 24.3 Å². The van der Waals surface area contributed by atoms with Crippen molar-refractivity contribution in [1.82, 2.24) is 4.90 Å². The molecule has 0 saturated carbocycles. The van der Waals surface area contributed by atoms with Crippen molar-refractivity contribution in [1.29, 1.82) is 5.26 Å². The van der Waals surface area contributed by atoms with Gasteiger partial charge in [0.2, 0.25) is 0 Å². The Balaban J connectivity index is 1.89. The third kappa shape index (κ3) is 4.22. The Hall–Kier alpha value is -1.57. The molecule has 108 valence electrons. The Morgan fingerprint density at radius 2 is 2.20 bits per heavy atom. The van der Waals surface area contributed by atoms with Crippen LogP contribution < -0.4 is 4.74 Å². The third-order valence-electron chi connectivity index (χ3n) is 3.69. The molecular weight excluding hydrogens is 252 g/mol. The van der Waals surface area contributed by atoms with Gasteiger partial charge in [-0.25, -0.2) is 0 Å². The second kappa shape index (κ2) is 7.28. The van der Waals surface area contributed by atoms with Crippen molar-refractivity contribution in [2.75, 3.05) is 19.7 Å². The van der Waals surface area contributed by atoms with Crippen LogP contribution in [0.25, 0.3) is 0 Å². The quantitative estimate of drug-likeness (QED) is 0.894. The average Bonchev–Trinajstić information content (AvgIpc) is 2.49. The highest BCUT2D eigenvalue weighted by Gasteiger charge is 2.19. The highest BCUT2D eigenvalue weighted by atomic mass is 16.5. The first-order chi connectivity index (χ1) is 9.71. The molecule has 0 amide bonds. The number of aliphatic hydroxyl groups excluding tert-OH is 1. The van der Waals surface area contributed by atoms with Crippen LogP contribution in [0.2, 0.25) is 0 Å². The van der Waals surface area contributed by atoms with Gasteiger partial charge < -0.3 is 9.84 Å². The maximum absolute atomic E-state index is 9.25. The van der Waals surface area contributed by atoms with Crippen molar-refractivity contribution < 1.29 is 9.84 Å². The summed E-state index contributed by atoms with van der Waals surface area (Å²) < 4.78 is 5.44. The molecule has 4 nitrogen and oxygen atoms in total. The average molecular weight is 274 g/mol. The van der Waals surface area contributed by atoms with Crippen LogP contribution in [0.3, 0.4) is 0 Å². The van der Waals surface area contributed by atoms with E-state index in [0.29, 0.717) is 5.92 Å². The molecule has 1 aliphatic heterocycles. The first kappa shape index (κ1) is 14.8. The SMILES string of the molecule is CC(C#N)Oc1ccc(CN2CCCC(CO)C2)cc1. The number of aliphatic hydroxyl groups is 1. The molecule has 1 aromatic rings. The van der Waals surface area contributed by atoms with Crippen molar-refractivity contribution in [3.8, 4) is 11.8 Å². The monoisotopic (exact) mass is 274 g/mol. The van der Waals surface area contributed by atoms with Crippen molar-refractivity contribution in [3.05, 3.63) is 29.8 Å². The first-order valence-electron chi connectivity index (χ1n) is 7.19. The molecule has 1 aliphatic rings. The minimum Gasteiger partial charge on any atom is -0.476 e. The largest absolute Gasteiger partial charge is 0.476 e. The molecule has 1 aromatic carbocycles. The number of hydrogen-bond acceptors (Lipinski definition) is 4. The van der Waals surface area contributed by atoms with Gasteiger partial charge in [0.25, 0.3) is 0 Å². The molecule has 0 spiro atoms. The molecule has 1 heterocycles. The number of nitrogens with zero attached hydrogens (tertiary/aromatic N) is 2. The lowest BCUT2D eigenvalue weighted by molar-refractivity contribution is 0.116. The molecule has 0 radical (unpaired) electrons. The second-order valence-electron chi connectivity index (χ2n) is 5.46. The van der Waals surface area contributed by atoms with Gasteiger partial charge in [0.1, 0.15) is 11.8 Å². The number of benzene rings is 1. The maximum Gasteiger partial charge on any atom is 0.181 e. The fourth-order valence-corrected chi connectivity index (χ4v) is 2.61. The van der Waals surface area contributed by atoms with Gasteiger partial charge >= 0.3 is 0 Å². The molecule has 0 aromatic heterocycles. The van der Waals surface area contributed by atoms with E-state index in [0.717, 1.165) is 38.2 Å². The summed E-state index contributed by atoms with van der Waals surface area (Å²) in [6.07, 6.45) is 1.87. The van der Waals surface area contributed by atoms with E-state index in [1.165, 1.54) is 5.56 Å². The molecule has 2 atom stereocenters. The van der Waals surface area contributed by atoms with Gasteiger partial charge in [-0.15, -0.1) is 0 Å². The molecular formula is C16H22N2O2. The Labute approximate surface area is 120 Å². The number of ether oxygens (including phenoxy) is 1. The highest BCUT2D eigenvalue weighted by molar-refractivity contribution is 5.27. The fourth-order valence-electron chi connectivity index (χ4n) is 2.61. The van der Waals surface area contributed by atoms with Crippen molar-refractivity contribution >= 4 is 0 Å². The third-order valence-corrected chi connectivity index (χ3v) is 3.69. The van der Waals surface area contributed by atoms with Crippen molar-refractivity contribution in [2.45, 2.75) is 32.4 Å². The first-order valence-corrected chi connectivity index (χ1v) is 7.19. The van der Waals surface area contributed by atoms with Gasteiger partial charge in [0.15, 0.2) is 6.10 Å². The molecule has 0 aliphatic carbocycles. The van der Waals surface area contributed by atoms with Crippen LogP contribution in [-0.4, -0.2) is 35.8 Å². The van der Waals surface area contributed by atoms with Crippen LogP contribution in [0.15, 0.2) is 24.3 Å². The molecule has 2 unspecified atom stereocenters. The van der Waals surface area contributed by atoms with Crippen LogP contribution in [0, 0.1) is 17.2 Å². The predicted molar refractivity (Wildman–Crippen MR) is 77.2 cm³/mol. The molecule has 20 heavy (non-hydrogen) atoms. The van der Waals surface area contributed by atoms with Crippen molar-refractivity contribution in [2.24, 2.45) is 5.92 Å². The van der Waals surface area contributed by atoms with Gasteiger partial charge in [-0.05, 0) is 49.9 Å². The van der Waals surface area contributed by atoms with E-state index in [4.69, 9.17) is 10.00 Å². The Morgan fingerprint density at radius 3 is 2.85 bits per heavy atom. The summed E-state index contributed by atoms with van der Waals surface area (Å²) in [4.78, 5) is 2.39. The van der Waals surface area contributed by atoms with E-state index in [-0.39, 0.29) is 6.61 Å². The van der Waals surface area contributed by atoms with Gasteiger partial charge in [0.05, 0.1) is 0 Å². The summed E-state index contributed by atoms with van der Waals surface area (Å²) in [6, 6.07) is 9.96. The van der Waals surface area contributed by atoms with Gasteiger partial charge in [-0.2, -0.15) is 5.26 Å². The summed E-state index contributed by atoms with van der Waals surface area (Å²) in [5.74, 6) is 1.15. The smallest absolute Gasteiger partial charge is 0.181 e. The van der Waals surface area contributed by atoms with Crippen LogP contribution >= 0.6 is 0 Å². The standard InChI is InChI=1S/C16H22N2O2/c1-13(9-17)20-16-6-4-14(5-7-16)10-18-8-2-3-15(11-18)12-19/h4-7,13,15,19H,2-3,8,10-12H2,1H3. The molecule has 0 bridgehead atoms. The van der Waals surface area contributed by atoms with E-state index >= 15 is 0 Å². The lowest BCUT2D eigenvalue weighted by Crippen LogP contribution is -2.36. The van der Waals surface area contributed by atoms with Gasteiger partial charge in [-0.1, -0.05) is 12.1 Å². The summed E-state index contributed by atoms with van der Waals surface area (Å²) in [5.41, 5.74) is 1.24. The lowest BCUT2D eigenvalue weighted by atomic mass is 9.98. The minimum atomic E-state index is -0.423. The normalized spacial score (nSPS) is 21.1. The van der Waals surface area contributed by atoms with E-state index in [9.17, 15) is 5.11 Å². The Morgan fingerprint density at radius 1 is 1.45 bits per heavy atom. The topological polar surface area (TPSA) is 56.5 Å². The minimum absolute atomic E-state index is 0.287. The second-order valence-corrected chi connectivity index (χ2v) is 5.46. The number of nitriles is 1. The number of piperidine rings is 1. The zero-order valence-corrected chi connectivity index (χ0v) is 12.0. The molecule has 4 heteroatoms. The summed E-state index contributed by atoms with van der Waals surface area (Å²) >= 11 is 0. The molecule has 1 saturated heterocycles. The van der Waals surface area contributed by atoms with E-state index in [2.05, 4.69) is 11.0 Å². The predicted octanol–water partition coefficient (Wildman–Crippen LogP) is 2.18. The fraction of sp³-hybridized carbons (Fsp3) is 0.562. The molecule has 2 rings (SSSR count). The zero-order chi connectivity index (χ0) is 14.4. The molecule has 1 N–H and O–H groups in total. The number of rotatable bonds is 5. The van der Waals surface area contributed by atoms with Crippen LogP contribution in [-0.2, 0) is 6.54 Å². The van der Waals surface area contributed by atoms with Crippen molar-refractivity contribution in [3.63, 3.8) is 0 Å². The van der Waals surface area contributed by atoms with Crippen LogP contribution in [0.1, 0.15) is 25.3 Å². The summed E-state index contributed by atoms with van der Waals surface area (Å²) in [7, 11) is 0. The summed E-state index contributed by atoms with van der Waals surface area (Å²) in [6.45, 7) is 5.00. The summed E-state index contributed by atoms with van der Waals surface area (Å²) in [5, 5.41) is 18.0. The van der Waals surface area contributed by atoms with Gasteiger partial charge in [-0.3, -0.25) is 4.90 Å². The number of hydrogen-bond donors (Lipinski definition) is 1. The Kier molecular flexibility index (Phi) is 5.40.